The van der Waals surface area contributed by atoms with Crippen LogP contribution in [0.2, 0.25) is 0 Å². The number of carbonyl (C=O) groups excluding carboxylic acids is 1. The van der Waals surface area contributed by atoms with Gasteiger partial charge in [0, 0.05) is 18.8 Å². The summed E-state index contributed by atoms with van der Waals surface area (Å²) in [5, 5.41) is 14.1. The Labute approximate surface area is 211 Å². The van der Waals surface area contributed by atoms with E-state index in [2.05, 4.69) is 44.5 Å². The molecule has 0 atom stereocenters. The van der Waals surface area contributed by atoms with Crippen LogP contribution in [0.1, 0.15) is 27.3 Å². The molecule has 0 aliphatic rings. The van der Waals surface area contributed by atoms with Crippen molar-refractivity contribution in [3.8, 4) is 11.5 Å². The molecule has 9 heteroatoms. The van der Waals surface area contributed by atoms with Crippen molar-refractivity contribution in [3.63, 3.8) is 0 Å². The molecule has 0 bridgehead atoms. The first kappa shape index (κ1) is 23.1. The number of nitrogens with one attached hydrogen (secondary N) is 1. The van der Waals surface area contributed by atoms with Crippen molar-refractivity contribution < 1.29 is 14.3 Å². The molecule has 0 aliphatic carbocycles. The van der Waals surface area contributed by atoms with Gasteiger partial charge in [0.05, 0.1) is 18.9 Å². The number of pyridine rings is 1. The lowest BCUT2D eigenvalue weighted by molar-refractivity contribution is 0.0729. The maximum atomic E-state index is 12.4. The Hall–Kier alpha value is -4.63. The Balaban J connectivity index is 1.38. The second-order valence-corrected chi connectivity index (χ2v) is 8.24. The first-order chi connectivity index (χ1) is 17.6. The molecule has 0 unspecified atom stereocenters. The molecule has 0 aliphatic heterocycles. The van der Waals surface area contributed by atoms with Crippen LogP contribution in [0.3, 0.4) is 0 Å². The molecule has 0 radical (unpaired) electrons. The second-order valence-electron chi connectivity index (χ2n) is 7.86. The summed E-state index contributed by atoms with van der Waals surface area (Å²) in [6.45, 7) is 0. The molecule has 2 heterocycles. The summed E-state index contributed by atoms with van der Waals surface area (Å²) in [6, 6.07) is 22.8. The van der Waals surface area contributed by atoms with E-state index in [0.717, 1.165) is 21.9 Å². The summed E-state index contributed by atoms with van der Waals surface area (Å²) in [6.07, 6.45) is 5.23. The third kappa shape index (κ3) is 4.91. The van der Waals surface area contributed by atoms with Crippen molar-refractivity contribution in [2.45, 2.75) is 6.42 Å². The van der Waals surface area contributed by atoms with Crippen LogP contribution in [0.15, 0.2) is 90.3 Å². The van der Waals surface area contributed by atoms with E-state index in [4.69, 9.17) is 21.7 Å². The van der Waals surface area contributed by atoms with E-state index in [0.29, 0.717) is 34.1 Å². The van der Waals surface area contributed by atoms with Gasteiger partial charge in [0.1, 0.15) is 0 Å². The smallest absolute Gasteiger partial charge is 0.345 e. The fourth-order valence-electron chi connectivity index (χ4n) is 3.79. The summed E-state index contributed by atoms with van der Waals surface area (Å²) in [5.74, 6) is 0.843. The summed E-state index contributed by atoms with van der Waals surface area (Å²) in [7, 11) is 1.51. The molecule has 2 aromatic heterocycles. The molecule has 178 valence electrons. The third-order valence-electron chi connectivity index (χ3n) is 5.56. The van der Waals surface area contributed by atoms with E-state index < -0.39 is 5.97 Å². The molecule has 36 heavy (non-hydrogen) atoms. The van der Waals surface area contributed by atoms with E-state index >= 15 is 0 Å². The van der Waals surface area contributed by atoms with Gasteiger partial charge in [0.25, 0.3) is 0 Å². The Kier molecular flexibility index (Phi) is 6.63. The van der Waals surface area contributed by atoms with Crippen molar-refractivity contribution in [1.82, 2.24) is 19.9 Å². The predicted molar refractivity (Wildman–Crippen MR) is 139 cm³/mol. The van der Waals surface area contributed by atoms with Crippen LogP contribution in [0.4, 0.5) is 0 Å². The number of esters is 1. The minimum Gasteiger partial charge on any atom is -0.493 e. The molecule has 5 rings (SSSR count). The highest BCUT2D eigenvalue weighted by atomic mass is 32.1. The molecular weight excluding hydrogens is 474 g/mol. The lowest BCUT2D eigenvalue weighted by atomic mass is 10.0. The number of benzene rings is 3. The molecule has 0 fully saturated rings. The Morgan fingerprint density at radius 2 is 1.94 bits per heavy atom. The quantitative estimate of drug-likeness (QED) is 0.145. The maximum Gasteiger partial charge on any atom is 0.345 e. The topological polar surface area (TPSA) is 94.4 Å². The van der Waals surface area contributed by atoms with Gasteiger partial charge >= 0.3 is 5.97 Å². The normalized spacial score (nSPS) is 11.1. The van der Waals surface area contributed by atoms with Gasteiger partial charge in [-0.05, 0) is 64.4 Å². The summed E-state index contributed by atoms with van der Waals surface area (Å²) < 4.78 is 12.9. The molecule has 0 spiro atoms. The zero-order valence-electron chi connectivity index (χ0n) is 19.3. The lowest BCUT2D eigenvalue weighted by Gasteiger charge is -2.10. The molecule has 8 nitrogen and oxygen atoms in total. The van der Waals surface area contributed by atoms with Crippen LogP contribution in [-0.4, -0.2) is 39.2 Å². The number of hydrogen-bond donors (Lipinski definition) is 1. The van der Waals surface area contributed by atoms with E-state index in [9.17, 15) is 4.79 Å². The Morgan fingerprint density at radius 3 is 2.78 bits per heavy atom. The van der Waals surface area contributed by atoms with Crippen LogP contribution in [0.25, 0.3) is 10.8 Å². The highest BCUT2D eigenvalue weighted by Crippen LogP contribution is 2.28. The van der Waals surface area contributed by atoms with Crippen LogP contribution in [0, 0.1) is 4.77 Å². The molecule has 5 aromatic rings. The van der Waals surface area contributed by atoms with Crippen LogP contribution >= 0.6 is 12.2 Å². The SMILES string of the molecule is COc1cc(/C=N/n2c(Cc3cccc4ccccc34)n[nH]c2=S)ccc1OC(=O)c1cccnc1. The first-order valence-electron chi connectivity index (χ1n) is 11.1. The van der Waals surface area contributed by atoms with E-state index in [-0.39, 0.29) is 0 Å². The first-order valence-corrected chi connectivity index (χ1v) is 11.5. The number of fused-ring (bicyclic) bond motifs is 1. The number of rotatable bonds is 7. The molecular formula is C27H21N5O3S. The van der Waals surface area contributed by atoms with Crippen LogP contribution < -0.4 is 9.47 Å². The van der Waals surface area contributed by atoms with Gasteiger partial charge in [-0.15, -0.1) is 0 Å². The van der Waals surface area contributed by atoms with Gasteiger partial charge < -0.3 is 9.47 Å². The predicted octanol–water partition coefficient (Wildman–Crippen LogP) is 5.19. The Morgan fingerprint density at radius 1 is 1.08 bits per heavy atom. The van der Waals surface area contributed by atoms with E-state index in [1.165, 1.54) is 13.3 Å². The number of aromatic nitrogens is 4. The standard InChI is InChI=1S/C27H21N5O3S/c1-34-24-14-18(11-12-23(24)35-26(33)21-9-5-13-28-17-21)16-29-32-25(30-31-27(32)36)15-20-8-4-7-19-6-2-3-10-22(19)20/h2-14,16-17H,15H2,1H3,(H,31,36)/b29-16+. The summed E-state index contributed by atoms with van der Waals surface area (Å²) in [5.41, 5.74) is 2.20. The fourth-order valence-corrected chi connectivity index (χ4v) is 3.99. The van der Waals surface area contributed by atoms with Gasteiger partial charge in [-0.3, -0.25) is 10.1 Å². The molecule has 0 saturated carbocycles. The van der Waals surface area contributed by atoms with Gasteiger partial charge in [-0.2, -0.15) is 14.9 Å². The molecule has 1 N–H and O–H groups in total. The van der Waals surface area contributed by atoms with Gasteiger partial charge in [0.2, 0.25) is 4.77 Å². The van der Waals surface area contributed by atoms with Gasteiger partial charge in [-0.1, -0.05) is 42.5 Å². The lowest BCUT2D eigenvalue weighted by Crippen LogP contribution is -2.09. The molecule has 0 amide bonds. The number of methoxy groups -OCH3 is 1. The average molecular weight is 496 g/mol. The third-order valence-corrected chi connectivity index (χ3v) is 5.82. The Bertz CT molecular complexity index is 1620. The largest absolute Gasteiger partial charge is 0.493 e. The number of H-pyrrole nitrogens is 1. The van der Waals surface area contributed by atoms with Crippen molar-refractivity contribution in [2.24, 2.45) is 5.10 Å². The zero-order chi connectivity index (χ0) is 24.9. The van der Waals surface area contributed by atoms with Crippen LogP contribution in [-0.2, 0) is 6.42 Å². The summed E-state index contributed by atoms with van der Waals surface area (Å²) in [4.78, 5) is 16.3. The van der Waals surface area contributed by atoms with Crippen molar-refractivity contribution >= 4 is 35.2 Å². The van der Waals surface area contributed by atoms with Crippen molar-refractivity contribution in [1.29, 1.82) is 0 Å². The van der Waals surface area contributed by atoms with Gasteiger partial charge in [-0.25, -0.2) is 4.79 Å². The van der Waals surface area contributed by atoms with Crippen LogP contribution in [0.5, 0.6) is 11.5 Å². The molecule has 0 saturated heterocycles. The van der Waals surface area contributed by atoms with E-state index in [1.54, 1.807) is 47.4 Å². The fraction of sp³-hybridized carbons (Fsp3) is 0.0741. The van der Waals surface area contributed by atoms with E-state index in [1.807, 2.05) is 18.2 Å². The minimum absolute atomic E-state index is 0.292. The van der Waals surface area contributed by atoms with Gasteiger partial charge in [0.15, 0.2) is 17.3 Å². The highest BCUT2D eigenvalue weighted by molar-refractivity contribution is 7.71. The number of hydrogen-bond acceptors (Lipinski definition) is 7. The number of nitrogens with zero attached hydrogens (tertiary/aromatic N) is 4. The van der Waals surface area contributed by atoms with Crippen molar-refractivity contribution in [3.05, 3.63) is 112 Å². The van der Waals surface area contributed by atoms with Crippen molar-refractivity contribution in [2.75, 3.05) is 7.11 Å². The monoisotopic (exact) mass is 495 g/mol. The number of ether oxygens (including phenoxy) is 2. The maximum absolute atomic E-state index is 12.4. The average Bonchev–Trinajstić information content (AvgIpc) is 3.27. The number of carbonyl (C=O) groups is 1. The molecule has 3 aromatic carbocycles. The summed E-state index contributed by atoms with van der Waals surface area (Å²) >= 11 is 5.41. The number of aromatic amines is 1. The minimum atomic E-state index is -0.523. The highest BCUT2D eigenvalue weighted by Gasteiger charge is 2.13. The second kappa shape index (κ2) is 10.3. The zero-order valence-corrected chi connectivity index (χ0v) is 20.1.